The third-order valence-electron chi connectivity index (χ3n) is 2.41. The van der Waals surface area contributed by atoms with Gasteiger partial charge in [0.15, 0.2) is 16.7 Å². The molecule has 0 saturated carbocycles. The van der Waals surface area contributed by atoms with Crippen molar-refractivity contribution in [3.63, 3.8) is 0 Å². The van der Waals surface area contributed by atoms with E-state index in [1.54, 1.807) is 18.0 Å². The summed E-state index contributed by atoms with van der Waals surface area (Å²) < 4.78 is 7.51. The van der Waals surface area contributed by atoms with Crippen molar-refractivity contribution < 1.29 is 4.42 Å². The first kappa shape index (κ1) is 13.4. The Kier molecular flexibility index (Phi) is 3.96. The van der Waals surface area contributed by atoms with Gasteiger partial charge in [-0.05, 0) is 24.4 Å². The molecule has 0 radical (unpaired) electrons. The number of hydrogen-bond acceptors (Lipinski definition) is 4. The van der Waals surface area contributed by atoms with Crippen molar-refractivity contribution in [3.8, 4) is 11.6 Å². The van der Waals surface area contributed by atoms with E-state index in [2.05, 4.69) is 41.3 Å². The topological polar surface area (TPSA) is 43.9 Å². The van der Waals surface area contributed by atoms with Crippen LogP contribution in [0.1, 0.15) is 6.92 Å². The number of nitrogens with zero attached hydrogens (tertiary/aromatic N) is 3. The molecule has 2 heterocycles. The van der Waals surface area contributed by atoms with Crippen LogP contribution in [0, 0.1) is 0 Å². The lowest BCUT2D eigenvalue weighted by Gasteiger charge is -2.14. The van der Waals surface area contributed by atoms with Gasteiger partial charge in [-0.15, -0.1) is 10.2 Å². The van der Waals surface area contributed by atoms with E-state index < -0.39 is 8.07 Å². The van der Waals surface area contributed by atoms with Crippen molar-refractivity contribution >= 4 is 19.8 Å². The first-order chi connectivity index (χ1) is 8.51. The maximum Gasteiger partial charge on any atom is 0.200 e. The molecule has 0 N–H and O–H groups in total. The van der Waals surface area contributed by atoms with Gasteiger partial charge in [-0.1, -0.05) is 31.4 Å². The zero-order chi connectivity index (χ0) is 13.2. The summed E-state index contributed by atoms with van der Waals surface area (Å²) in [6, 6.07) is 3.79. The summed E-state index contributed by atoms with van der Waals surface area (Å²) in [6.07, 6.45) is 1.67. The van der Waals surface area contributed by atoms with Gasteiger partial charge < -0.3 is 4.42 Å². The van der Waals surface area contributed by atoms with E-state index in [4.69, 9.17) is 4.42 Å². The van der Waals surface area contributed by atoms with Crippen LogP contribution >= 0.6 is 11.8 Å². The Morgan fingerprint density at radius 1 is 1.33 bits per heavy atom. The molecule has 0 spiro atoms. The summed E-state index contributed by atoms with van der Waals surface area (Å²) in [6.45, 7) is 10.0. The van der Waals surface area contributed by atoms with Crippen LogP contribution in [-0.2, 0) is 6.54 Å². The van der Waals surface area contributed by atoms with Crippen LogP contribution in [0.25, 0.3) is 11.6 Å². The Balaban J connectivity index is 2.23. The SMILES string of the molecule is CCn1c(SC[Si](C)(C)C)nnc1-c1ccco1. The predicted molar refractivity (Wildman–Crippen MR) is 77.5 cm³/mol. The van der Waals surface area contributed by atoms with Crippen LogP contribution in [0.3, 0.4) is 0 Å². The molecule has 6 heteroatoms. The molecule has 0 aromatic carbocycles. The molecule has 2 aromatic rings. The van der Waals surface area contributed by atoms with Gasteiger partial charge in [0.25, 0.3) is 0 Å². The third kappa shape index (κ3) is 3.05. The van der Waals surface area contributed by atoms with E-state index in [1.165, 1.54) is 0 Å². The second-order valence-corrected chi connectivity index (χ2v) is 12.3. The van der Waals surface area contributed by atoms with E-state index in [0.29, 0.717) is 0 Å². The Bertz CT molecular complexity index is 502. The van der Waals surface area contributed by atoms with E-state index >= 15 is 0 Å². The molecule has 0 aliphatic carbocycles. The van der Waals surface area contributed by atoms with Gasteiger partial charge in [0.05, 0.1) is 14.3 Å². The van der Waals surface area contributed by atoms with Gasteiger partial charge in [-0.2, -0.15) is 0 Å². The first-order valence-electron chi connectivity index (χ1n) is 6.11. The summed E-state index contributed by atoms with van der Waals surface area (Å²) in [5.74, 6) is 1.60. The first-order valence-corrected chi connectivity index (χ1v) is 10.8. The standard InChI is InChI=1S/C12H19N3OSSi/c1-5-15-11(10-7-6-8-16-10)13-14-12(15)17-9-18(2,3)4/h6-8H,5,9H2,1-4H3. The van der Waals surface area contributed by atoms with E-state index in [1.807, 2.05) is 12.1 Å². The molecule has 0 bridgehead atoms. The second kappa shape index (κ2) is 5.32. The van der Waals surface area contributed by atoms with Crippen LogP contribution < -0.4 is 0 Å². The molecule has 0 amide bonds. The summed E-state index contributed by atoms with van der Waals surface area (Å²) in [5.41, 5.74) is 0. The average molecular weight is 281 g/mol. The fraction of sp³-hybridized carbons (Fsp3) is 0.500. The minimum Gasteiger partial charge on any atom is -0.461 e. The van der Waals surface area contributed by atoms with E-state index in [-0.39, 0.29) is 0 Å². The van der Waals surface area contributed by atoms with Gasteiger partial charge in [0.1, 0.15) is 0 Å². The fourth-order valence-corrected chi connectivity index (χ4v) is 4.27. The third-order valence-corrected chi connectivity index (χ3v) is 7.01. The lowest BCUT2D eigenvalue weighted by atomic mass is 10.4. The maximum atomic E-state index is 5.40. The van der Waals surface area contributed by atoms with Crippen molar-refractivity contribution in [2.24, 2.45) is 0 Å². The molecule has 0 saturated heterocycles. The van der Waals surface area contributed by atoms with Crippen molar-refractivity contribution in [2.45, 2.75) is 38.3 Å². The largest absolute Gasteiger partial charge is 0.461 e. The van der Waals surface area contributed by atoms with Crippen LogP contribution in [0.15, 0.2) is 28.0 Å². The highest BCUT2D eigenvalue weighted by molar-refractivity contribution is 8.00. The van der Waals surface area contributed by atoms with Crippen LogP contribution in [0.2, 0.25) is 19.6 Å². The average Bonchev–Trinajstić information content (AvgIpc) is 2.93. The molecule has 0 fully saturated rings. The minimum atomic E-state index is -1.07. The predicted octanol–water partition coefficient (Wildman–Crippen LogP) is 3.53. The Labute approximate surface area is 113 Å². The molecule has 4 nitrogen and oxygen atoms in total. The highest BCUT2D eigenvalue weighted by Crippen LogP contribution is 2.25. The van der Waals surface area contributed by atoms with E-state index in [9.17, 15) is 0 Å². The molecule has 2 rings (SSSR count). The fourth-order valence-electron chi connectivity index (χ4n) is 1.55. The molecule has 0 aliphatic heterocycles. The molecular weight excluding hydrogens is 262 g/mol. The smallest absolute Gasteiger partial charge is 0.200 e. The van der Waals surface area contributed by atoms with Crippen LogP contribution in [0.4, 0.5) is 0 Å². The summed E-state index contributed by atoms with van der Waals surface area (Å²) in [4.78, 5) is 0. The summed E-state index contributed by atoms with van der Waals surface area (Å²) in [7, 11) is -1.07. The normalized spacial score (nSPS) is 12.0. The molecule has 2 aromatic heterocycles. The zero-order valence-corrected chi connectivity index (χ0v) is 13.1. The number of furan rings is 1. The van der Waals surface area contributed by atoms with Crippen LogP contribution in [-0.4, -0.2) is 28.2 Å². The quantitative estimate of drug-likeness (QED) is 0.621. The Morgan fingerprint density at radius 2 is 2.11 bits per heavy atom. The van der Waals surface area contributed by atoms with Gasteiger partial charge in [0.2, 0.25) is 0 Å². The number of rotatable bonds is 5. The molecule has 0 aliphatic rings. The summed E-state index contributed by atoms with van der Waals surface area (Å²) in [5, 5.41) is 10.7. The van der Waals surface area contributed by atoms with Gasteiger partial charge in [-0.3, -0.25) is 4.57 Å². The lowest BCUT2D eigenvalue weighted by Crippen LogP contribution is -2.24. The molecule has 0 unspecified atom stereocenters. The van der Waals surface area contributed by atoms with Gasteiger partial charge in [-0.25, -0.2) is 0 Å². The molecular formula is C12H19N3OSSi. The number of hydrogen-bond donors (Lipinski definition) is 0. The monoisotopic (exact) mass is 281 g/mol. The van der Waals surface area contributed by atoms with Crippen molar-refractivity contribution in [1.29, 1.82) is 0 Å². The van der Waals surface area contributed by atoms with Crippen molar-refractivity contribution in [1.82, 2.24) is 14.8 Å². The lowest BCUT2D eigenvalue weighted by molar-refractivity contribution is 0.567. The Hall–Kier alpha value is -1.01. The highest BCUT2D eigenvalue weighted by atomic mass is 32.2. The van der Waals surface area contributed by atoms with Crippen molar-refractivity contribution in [2.75, 3.05) is 5.38 Å². The van der Waals surface area contributed by atoms with Crippen LogP contribution in [0.5, 0.6) is 0 Å². The maximum absolute atomic E-state index is 5.40. The van der Waals surface area contributed by atoms with E-state index in [0.717, 1.165) is 28.7 Å². The van der Waals surface area contributed by atoms with Gasteiger partial charge in [0, 0.05) is 6.54 Å². The Morgan fingerprint density at radius 3 is 2.67 bits per heavy atom. The highest BCUT2D eigenvalue weighted by Gasteiger charge is 2.19. The number of thioether (sulfide) groups is 1. The summed E-state index contributed by atoms with van der Waals surface area (Å²) >= 11 is 1.81. The molecule has 98 valence electrons. The van der Waals surface area contributed by atoms with Crippen molar-refractivity contribution in [3.05, 3.63) is 18.4 Å². The second-order valence-electron chi connectivity index (χ2n) is 5.38. The minimum absolute atomic E-state index is 0.782. The van der Waals surface area contributed by atoms with Gasteiger partial charge >= 0.3 is 0 Å². The molecule has 0 atom stereocenters. The number of aromatic nitrogens is 3. The molecule has 18 heavy (non-hydrogen) atoms. The zero-order valence-electron chi connectivity index (χ0n) is 11.3.